The summed E-state index contributed by atoms with van der Waals surface area (Å²) >= 11 is 7.18. The summed E-state index contributed by atoms with van der Waals surface area (Å²) in [5.41, 5.74) is 0.751. The first-order valence-corrected chi connectivity index (χ1v) is 12.3. The van der Waals surface area contributed by atoms with Gasteiger partial charge in [-0.15, -0.1) is 11.8 Å². The zero-order valence-corrected chi connectivity index (χ0v) is 19.2. The Labute approximate surface area is 190 Å². The molecule has 2 atom stereocenters. The van der Waals surface area contributed by atoms with E-state index in [4.69, 9.17) is 16.3 Å². The topological polar surface area (TPSA) is 114 Å². The van der Waals surface area contributed by atoms with E-state index in [-0.39, 0.29) is 23.1 Å². The van der Waals surface area contributed by atoms with Gasteiger partial charge in [0.2, 0.25) is 11.8 Å². The highest BCUT2D eigenvalue weighted by Crippen LogP contribution is 2.25. The molecular formula is C20H22ClN3O5S2. The lowest BCUT2D eigenvalue weighted by molar-refractivity contribution is -0.122. The Kier molecular flexibility index (Phi) is 7.47. The summed E-state index contributed by atoms with van der Waals surface area (Å²) in [7, 11) is -2.38. The predicted octanol–water partition coefficient (Wildman–Crippen LogP) is 2.17. The van der Waals surface area contributed by atoms with Crippen molar-refractivity contribution in [3.8, 4) is 5.75 Å². The van der Waals surface area contributed by atoms with E-state index in [1.54, 1.807) is 37.3 Å². The Hall–Kier alpha value is -2.27. The third-order valence-electron chi connectivity index (χ3n) is 4.64. The van der Waals surface area contributed by atoms with Crippen LogP contribution in [0.5, 0.6) is 5.75 Å². The molecule has 1 saturated heterocycles. The molecular weight excluding hydrogens is 462 g/mol. The molecule has 1 aliphatic heterocycles. The molecule has 0 radical (unpaired) electrons. The third kappa shape index (κ3) is 5.70. The van der Waals surface area contributed by atoms with Crippen LogP contribution in [-0.4, -0.2) is 50.4 Å². The quantitative estimate of drug-likeness (QED) is 0.553. The van der Waals surface area contributed by atoms with Gasteiger partial charge in [-0.2, -0.15) is 0 Å². The van der Waals surface area contributed by atoms with Gasteiger partial charge in [0.25, 0.3) is 0 Å². The van der Waals surface area contributed by atoms with Crippen LogP contribution in [0.1, 0.15) is 5.56 Å². The Morgan fingerprint density at radius 2 is 2.06 bits per heavy atom. The SMILES string of the molecule is COc1cccc(NC(=O)CSC2NCC(S(=O)(=O)c3ccc(C)c(Cl)c3)C(=O)N2)c1. The van der Waals surface area contributed by atoms with E-state index in [9.17, 15) is 18.0 Å². The summed E-state index contributed by atoms with van der Waals surface area (Å²) < 4.78 is 30.8. The van der Waals surface area contributed by atoms with E-state index in [1.165, 1.54) is 19.2 Å². The molecule has 1 heterocycles. The van der Waals surface area contributed by atoms with Crippen LogP contribution in [0.4, 0.5) is 5.69 Å². The van der Waals surface area contributed by atoms with Crippen molar-refractivity contribution in [3.05, 3.63) is 53.1 Å². The van der Waals surface area contributed by atoms with Crippen molar-refractivity contribution >= 4 is 50.7 Å². The monoisotopic (exact) mass is 483 g/mol. The van der Waals surface area contributed by atoms with Gasteiger partial charge in [0.15, 0.2) is 15.1 Å². The summed E-state index contributed by atoms with van der Waals surface area (Å²) in [5.74, 6) is -0.214. The standard InChI is InChI=1S/C20H22ClN3O5S2/c1-12-6-7-15(9-16(12)21)31(27,28)17-10-22-20(24-19(17)26)30-11-18(25)23-13-4-3-5-14(8-13)29-2/h3-9,17,20,22H,10-11H2,1-2H3,(H,23,25)(H,24,26). The molecule has 1 fully saturated rings. The number of halogens is 1. The van der Waals surface area contributed by atoms with Crippen molar-refractivity contribution in [3.63, 3.8) is 0 Å². The molecule has 3 rings (SSSR count). The lowest BCUT2D eigenvalue weighted by Crippen LogP contribution is -2.59. The Morgan fingerprint density at radius 1 is 1.29 bits per heavy atom. The zero-order valence-electron chi connectivity index (χ0n) is 16.8. The fraction of sp³-hybridized carbons (Fsp3) is 0.300. The second-order valence-electron chi connectivity index (χ2n) is 6.83. The number of carbonyl (C=O) groups excluding carboxylic acids is 2. The molecule has 0 aromatic heterocycles. The largest absolute Gasteiger partial charge is 0.497 e. The number of ether oxygens (including phenoxy) is 1. The number of hydrogen-bond acceptors (Lipinski definition) is 7. The third-order valence-corrected chi connectivity index (χ3v) is 8.13. The molecule has 3 N–H and O–H groups in total. The van der Waals surface area contributed by atoms with Gasteiger partial charge in [0.05, 0.1) is 17.8 Å². The molecule has 166 valence electrons. The molecule has 2 amide bonds. The first-order chi connectivity index (χ1) is 14.7. The normalized spacial score (nSPS) is 18.9. The fourth-order valence-corrected chi connectivity index (χ4v) is 5.49. The molecule has 8 nitrogen and oxygen atoms in total. The maximum Gasteiger partial charge on any atom is 0.241 e. The summed E-state index contributed by atoms with van der Waals surface area (Å²) in [4.78, 5) is 24.7. The molecule has 0 spiro atoms. The zero-order chi connectivity index (χ0) is 22.6. The number of methoxy groups -OCH3 is 1. The van der Waals surface area contributed by atoms with E-state index >= 15 is 0 Å². The molecule has 31 heavy (non-hydrogen) atoms. The number of rotatable bonds is 7. The number of nitrogens with one attached hydrogen (secondary N) is 3. The molecule has 1 aliphatic rings. The maximum absolute atomic E-state index is 12.8. The van der Waals surface area contributed by atoms with E-state index in [0.717, 1.165) is 17.3 Å². The minimum absolute atomic E-state index is 0.00572. The first kappa shape index (κ1) is 23.4. The number of sulfone groups is 1. The lowest BCUT2D eigenvalue weighted by Gasteiger charge is -2.29. The smallest absolute Gasteiger partial charge is 0.241 e. The molecule has 11 heteroatoms. The highest BCUT2D eigenvalue weighted by atomic mass is 35.5. The number of thioether (sulfide) groups is 1. The molecule has 2 aromatic carbocycles. The molecule has 0 aliphatic carbocycles. The van der Waals surface area contributed by atoms with Crippen molar-refractivity contribution < 1.29 is 22.7 Å². The van der Waals surface area contributed by atoms with E-state index in [2.05, 4.69) is 16.0 Å². The molecule has 2 aromatic rings. The van der Waals surface area contributed by atoms with Crippen LogP contribution in [0.3, 0.4) is 0 Å². The summed E-state index contributed by atoms with van der Waals surface area (Å²) in [6, 6.07) is 11.3. The van der Waals surface area contributed by atoms with Crippen molar-refractivity contribution in [2.24, 2.45) is 0 Å². The minimum atomic E-state index is -3.91. The summed E-state index contributed by atoms with van der Waals surface area (Å²) in [6.07, 6.45) is 0. The average molecular weight is 484 g/mol. The van der Waals surface area contributed by atoms with Gasteiger partial charge < -0.3 is 15.4 Å². The van der Waals surface area contributed by atoms with Crippen LogP contribution in [0.25, 0.3) is 0 Å². The van der Waals surface area contributed by atoms with Gasteiger partial charge in [0.1, 0.15) is 11.2 Å². The van der Waals surface area contributed by atoms with Gasteiger partial charge in [-0.05, 0) is 36.8 Å². The van der Waals surface area contributed by atoms with Gasteiger partial charge >= 0.3 is 0 Å². The number of hydrogen-bond donors (Lipinski definition) is 3. The van der Waals surface area contributed by atoms with Gasteiger partial charge in [-0.1, -0.05) is 23.7 Å². The highest BCUT2D eigenvalue weighted by molar-refractivity contribution is 8.00. The van der Waals surface area contributed by atoms with Crippen LogP contribution < -0.4 is 20.7 Å². The second kappa shape index (κ2) is 9.90. The van der Waals surface area contributed by atoms with Gasteiger partial charge in [-0.3, -0.25) is 14.9 Å². The minimum Gasteiger partial charge on any atom is -0.497 e. The van der Waals surface area contributed by atoms with Crippen LogP contribution >= 0.6 is 23.4 Å². The van der Waals surface area contributed by atoms with Crippen LogP contribution in [0, 0.1) is 6.92 Å². The van der Waals surface area contributed by atoms with Crippen molar-refractivity contribution in [2.45, 2.75) is 22.6 Å². The number of anilines is 1. The summed E-state index contributed by atoms with van der Waals surface area (Å²) in [6.45, 7) is 1.69. The number of amides is 2. The van der Waals surface area contributed by atoms with Crippen molar-refractivity contribution in [2.75, 3.05) is 24.7 Å². The Balaban J connectivity index is 1.55. The van der Waals surface area contributed by atoms with E-state index in [1.807, 2.05) is 0 Å². The highest BCUT2D eigenvalue weighted by Gasteiger charge is 2.38. The number of aryl methyl sites for hydroxylation is 1. The number of carbonyl (C=O) groups is 2. The molecule has 0 saturated carbocycles. The van der Waals surface area contributed by atoms with Gasteiger partial charge in [-0.25, -0.2) is 8.42 Å². The number of benzene rings is 2. The van der Waals surface area contributed by atoms with Crippen LogP contribution in [0.15, 0.2) is 47.4 Å². The van der Waals surface area contributed by atoms with Crippen molar-refractivity contribution in [1.82, 2.24) is 10.6 Å². The average Bonchev–Trinajstić information content (AvgIpc) is 2.74. The summed E-state index contributed by atoms with van der Waals surface area (Å²) in [5, 5.41) is 7.34. The first-order valence-electron chi connectivity index (χ1n) is 9.30. The van der Waals surface area contributed by atoms with Crippen LogP contribution in [0.2, 0.25) is 5.02 Å². The predicted molar refractivity (Wildman–Crippen MR) is 121 cm³/mol. The fourth-order valence-electron chi connectivity index (χ4n) is 2.90. The second-order valence-corrected chi connectivity index (χ2v) is 10.5. The van der Waals surface area contributed by atoms with Crippen LogP contribution in [-0.2, 0) is 19.4 Å². The van der Waals surface area contributed by atoms with E-state index in [0.29, 0.717) is 16.5 Å². The lowest BCUT2D eigenvalue weighted by atomic mass is 10.2. The Morgan fingerprint density at radius 3 is 2.74 bits per heavy atom. The van der Waals surface area contributed by atoms with Crippen molar-refractivity contribution in [1.29, 1.82) is 0 Å². The van der Waals surface area contributed by atoms with Gasteiger partial charge in [0, 0.05) is 23.3 Å². The maximum atomic E-state index is 12.8. The molecule has 0 bridgehead atoms. The Bertz CT molecular complexity index is 1090. The molecule has 2 unspecified atom stereocenters. The van der Waals surface area contributed by atoms with E-state index < -0.39 is 26.5 Å².